The van der Waals surface area contributed by atoms with Gasteiger partial charge < -0.3 is 14.8 Å². The summed E-state index contributed by atoms with van der Waals surface area (Å²) in [6, 6.07) is 18.9. The van der Waals surface area contributed by atoms with Crippen molar-refractivity contribution in [2.45, 2.75) is 25.8 Å². The Morgan fingerprint density at radius 1 is 1.00 bits per heavy atom. The average molecular weight is 453 g/mol. The smallest absolute Gasteiger partial charge is 0.287 e. The molecule has 1 N–H and O–H groups in total. The van der Waals surface area contributed by atoms with Crippen molar-refractivity contribution in [3.63, 3.8) is 0 Å². The zero-order chi connectivity index (χ0) is 22.3. The zero-order valence-corrected chi connectivity index (χ0v) is 19.7. The number of hydrogen-bond acceptors (Lipinski definition) is 5. The Kier molecular flexibility index (Phi) is 7.90. The third-order valence-corrected chi connectivity index (χ3v) is 7.04. The lowest BCUT2D eigenvalue weighted by atomic mass is 9.98. The fourth-order valence-corrected chi connectivity index (χ4v) is 5.07. The molecule has 2 heterocycles. The maximum absolute atomic E-state index is 13.2. The molecule has 0 aliphatic carbocycles. The normalized spacial score (nSPS) is 18.3. The fraction of sp³-hybridized carbons (Fsp3) is 0.423. The van der Waals surface area contributed by atoms with Gasteiger partial charge in [-0.05, 0) is 22.6 Å². The lowest BCUT2D eigenvalue weighted by Crippen LogP contribution is -2.44. The van der Waals surface area contributed by atoms with E-state index in [9.17, 15) is 4.79 Å². The van der Waals surface area contributed by atoms with Gasteiger partial charge in [0.15, 0.2) is 5.76 Å². The molecular formula is C26H32N2O3S. The molecule has 6 heteroatoms. The molecular weight excluding hydrogens is 420 g/mol. The number of nitrogens with zero attached hydrogens (tertiary/aromatic N) is 1. The Balaban J connectivity index is 1.53. The number of thioether (sulfide) groups is 1. The van der Waals surface area contributed by atoms with Gasteiger partial charge in [-0.2, -0.15) is 0 Å². The number of ether oxygens (including phenoxy) is 2. The van der Waals surface area contributed by atoms with Gasteiger partial charge in [-0.25, -0.2) is 0 Å². The third-order valence-electron chi connectivity index (χ3n) is 5.95. The molecule has 4 rings (SSSR count). The summed E-state index contributed by atoms with van der Waals surface area (Å²) in [5.41, 5.74) is 3.56. The SMILES string of the molecule is CC(C)c1ccc([C@@H](CNC(=O)C2=C(c3ccccc3)SCCO2)N2CCOCC2)cc1. The zero-order valence-electron chi connectivity index (χ0n) is 18.9. The van der Waals surface area contributed by atoms with E-state index in [-0.39, 0.29) is 11.9 Å². The van der Waals surface area contributed by atoms with Crippen LogP contribution in [0, 0.1) is 0 Å². The van der Waals surface area contributed by atoms with Crippen LogP contribution >= 0.6 is 11.8 Å². The summed E-state index contributed by atoms with van der Waals surface area (Å²) < 4.78 is 11.4. The van der Waals surface area contributed by atoms with Crippen LogP contribution in [-0.2, 0) is 14.3 Å². The molecule has 1 atom stereocenters. The first-order valence-corrected chi connectivity index (χ1v) is 12.4. The summed E-state index contributed by atoms with van der Waals surface area (Å²) in [5.74, 6) is 1.63. The maximum Gasteiger partial charge on any atom is 0.287 e. The van der Waals surface area contributed by atoms with Gasteiger partial charge in [0.25, 0.3) is 5.91 Å². The molecule has 0 aromatic heterocycles. The number of morpholine rings is 1. The van der Waals surface area contributed by atoms with Crippen LogP contribution in [-0.4, -0.2) is 56.0 Å². The van der Waals surface area contributed by atoms with Gasteiger partial charge in [-0.3, -0.25) is 9.69 Å². The topological polar surface area (TPSA) is 50.8 Å². The van der Waals surface area contributed by atoms with Crippen molar-refractivity contribution in [3.05, 3.63) is 77.0 Å². The summed E-state index contributed by atoms with van der Waals surface area (Å²) >= 11 is 1.68. The summed E-state index contributed by atoms with van der Waals surface area (Å²) in [5, 5.41) is 3.17. The van der Waals surface area contributed by atoms with Crippen LogP contribution in [0.5, 0.6) is 0 Å². The largest absolute Gasteiger partial charge is 0.486 e. The Morgan fingerprint density at radius 2 is 1.69 bits per heavy atom. The first kappa shape index (κ1) is 22.9. The van der Waals surface area contributed by atoms with E-state index in [4.69, 9.17) is 9.47 Å². The van der Waals surface area contributed by atoms with Crippen molar-refractivity contribution in [2.75, 3.05) is 45.2 Å². The van der Waals surface area contributed by atoms with E-state index < -0.39 is 0 Å². The Labute approximate surface area is 195 Å². The average Bonchev–Trinajstić information content (AvgIpc) is 2.85. The van der Waals surface area contributed by atoms with Crippen molar-refractivity contribution < 1.29 is 14.3 Å². The molecule has 2 aliphatic heterocycles. The molecule has 1 saturated heterocycles. The number of hydrogen-bond donors (Lipinski definition) is 1. The molecule has 170 valence electrons. The summed E-state index contributed by atoms with van der Waals surface area (Å²) in [6.07, 6.45) is 0. The van der Waals surface area contributed by atoms with Crippen molar-refractivity contribution in [3.8, 4) is 0 Å². The minimum absolute atomic E-state index is 0.0982. The van der Waals surface area contributed by atoms with Crippen LogP contribution in [0.4, 0.5) is 0 Å². The van der Waals surface area contributed by atoms with Gasteiger partial charge in [-0.1, -0.05) is 68.4 Å². The number of nitrogens with one attached hydrogen (secondary N) is 1. The quantitative estimate of drug-likeness (QED) is 0.674. The minimum Gasteiger partial charge on any atom is -0.486 e. The molecule has 2 aromatic rings. The number of benzene rings is 2. The first-order chi connectivity index (χ1) is 15.6. The summed E-state index contributed by atoms with van der Waals surface area (Å²) in [6.45, 7) is 8.64. The number of rotatable bonds is 7. The molecule has 32 heavy (non-hydrogen) atoms. The highest BCUT2D eigenvalue weighted by Gasteiger charge is 2.27. The highest BCUT2D eigenvalue weighted by molar-refractivity contribution is 8.08. The molecule has 1 fully saturated rings. The van der Waals surface area contributed by atoms with Crippen molar-refractivity contribution in [1.29, 1.82) is 0 Å². The molecule has 0 bridgehead atoms. The molecule has 0 spiro atoms. The minimum atomic E-state index is -0.145. The predicted octanol–water partition coefficient (Wildman–Crippen LogP) is 4.43. The van der Waals surface area contributed by atoms with E-state index in [0.29, 0.717) is 24.8 Å². The molecule has 5 nitrogen and oxygen atoms in total. The van der Waals surface area contributed by atoms with Crippen LogP contribution in [0.25, 0.3) is 4.91 Å². The van der Waals surface area contributed by atoms with E-state index in [1.165, 1.54) is 11.1 Å². The van der Waals surface area contributed by atoms with Gasteiger partial charge in [0, 0.05) is 25.4 Å². The van der Waals surface area contributed by atoms with Gasteiger partial charge in [-0.15, -0.1) is 11.8 Å². The summed E-state index contributed by atoms with van der Waals surface area (Å²) in [7, 11) is 0. The second-order valence-electron chi connectivity index (χ2n) is 8.42. The highest BCUT2D eigenvalue weighted by atomic mass is 32.2. The van der Waals surface area contributed by atoms with E-state index >= 15 is 0 Å². The molecule has 0 saturated carbocycles. The molecule has 0 radical (unpaired) electrons. The molecule has 0 unspecified atom stereocenters. The number of carbonyl (C=O) groups excluding carboxylic acids is 1. The maximum atomic E-state index is 13.2. The van der Waals surface area contributed by atoms with Gasteiger partial charge in [0.1, 0.15) is 0 Å². The predicted molar refractivity (Wildman–Crippen MR) is 130 cm³/mol. The monoisotopic (exact) mass is 452 g/mol. The van der Waals surface area contributed by atoms with E-state index in [1.807, 2.05) is 30.3 Å². The van der Waals surface area contributed by atoms with Gasteiger partial charge >= 0.3 is 0 Å². The van der Waals surface area contributed by atoms with Crippen molar-refractivity contribution >= 4 is 22.6 Å². The standard InChI is InChI=1S/C26H32N2O3S/c1-19(2)20-8-10-21(11-9-20)23(28-12-14-30-15-13-28)18-27-26(29)24-25(32-17-16-31-24)22-6-4-3-5-7-22/h3-11,19,23H,12-18H2,1-2H3,(H,27,29)/t23-/m1/s1. The van der Waals surface area contributed by atoms with Crippen LogP contribution in [0.2, 0.25) is 0 Å². The third kappa shape index (κ3) is 5.55. The van der Waals surface area contributed by atoms with Crippen molar-refractivity contribution in [1.82, 2.24) is 10.2 Å². The van der Waals surface area contributed by atoms with E-state index in [0.717, 1.165) is 42.5 Å². The highest BCUT2D eigenvalue weighted by Crippen LogP contribution is 2.34. The molecule has 2 aromatic carbocycles. The van der Waals surface area contributed by atoms with Crippen LogP contribution < -0.4 is 5.32 Å². The van der Waals surface area contributed by atoms with E-state index in [1.54, 1.807) is 11.8 Å². The Morgan fingerprint density at radius 3 is 2.38 bits per heavy atom. The van der Waals surface area contributed by atoms with Crippen molar-refractivity contribution in [2.24, 2.45) is 0 Å². The lowest BCUT2D eigenvalue weighted by molar-refractivity contribution is -0.121. The lowest BCUT2D eigenvalue weighted by Gasteiger charge is -2.35. The second kappa shape index (κ2) is 11.0. The van der Waals surface area contributed by atoms with Crippen LogP contribution in [0.3, 0.4) is 0 Å². The second-order valence-corrected chi connectivity index (χ2v) is 9.52. The van der Waals surface area contributed by atoms with Gasteiger partial charge in [0.05, 0.1) is 30.8 Å². The van der Waals surface area contributed by atoms with Crippen LogP contribution in [0.15, 0.2) is 60.4 Å². The summed E-state index contributed by atoms with van der Waals surface area (Å²) in [4.78, 5) is 16.5. The first-order valence-electron chi connectivity index (χ1n) is 11.4. The molecule has 1 amide bonds. The fourth-order valence-electron chi connectivity index (χ4n) is 4.11. The number of amides is 1. The molecule has 2 aliphatic rings. The van der Waals surface area contributed by atoms with Gasteiger partial charge in [0.2, 0.25) is 0 Å². The Hall–Kier alpha value is -2.28. The Bertz CT molecular complexity index is 922. The number of carbonyl (C=O) groups is 1. The van der Waals surface area contributed by atoms with Crippen LogP contribution in [0.1, 0.15) is 42.5 Å². The van der Waals surface area contributed by atoms with E-state index in [2.05, 4.69) is 48.3 Å².